The SMILES string of the molecule is CC1CCN(CCCOCC2(C)CC3CC(C)CC(c4ccccc4)(C3)C2)CC1. The zero-order chi connectivity index (χ0) is 20.3. The Balaban J connectivity index is 1.31. The summed E-state index contributed by atoms with van der Waals surface area (Å²) < 4.78 is 6.33. The highest BCUT2D eigenvalue weighted by Crippen LogP contribution is 2.58. The maximum Gasteiger partial charge on any atom is 0.0520 e. The predicted octanol–water partition coefficient (Wildman–Crippen LogP) is 6.30. The van der Waals surface area contributed by atoms with Gasteiger partial charge in [-0.25, -0.2) is 0 Å². The Morgan fingerprint density at radius 3 is 2.52 bits per heavy atom. The van der Waals surface area contributed by atoms with Crippen molar-refractivity contribution in [2.75, 3.05) is 32.8 Å². The van der Waals surface area contributed by atoms with Gasteiger partial charge in [-0.3, -0.25) is 0 Å². The molecule has 2 heteroatoms. The zero-order valence-electron chi connectivity index (χ0n) is 19.2. The van der Waals surface area contributed by atoms with Gasteiger partial charge in [0.15, 0.2) is 0 Å². The van der Waals surface area contributed by atoms with Crippen LogP contribution in [-0.4, -0.2) is 37.7 Å². The Kier molecular flexibility index (Phi) is 6.71. The molecule has 0 N–H and O–H groups in total. The van der Waals surface area contributed by atoms with E-state index in [1.54, 1.807) is 5.56 Å². The number of likely N-dealkylation sites (tertiary alicyclic amines) is 1. The van der Waals surface area contributed by atoms with Crippen LogP contribution in [0.5, 0.6) is 0 Å². The van der Waals surface area contributed by atoms with Crippen LogP contribution in [0.2, 0.25) is 0 Å². The van der Waals surface area contributed by atoms with E-state index in [2.05, 4.69) is 56.0 Å². The summed E-state index contributed by atoms with van der Waals surface area (Å²) in [6, 6.07) is 11.4. The van der Waals surface area contributed by atoms with Crippen LogP contribution in [0.15, 0.2) is 30.3 Å². The van der Waals surface area contributed by atoms with Crippen LogP contribution in [0.1, 0.15) is 77.7 Å². The lowest BCUT2D eigenvalue weighted by Gasteiger charge is -2.55. The smallest absolute Gasteiger partial charge is 0.0520 e. The van der Waals surface area contributed by atoms with Crippen molar-refractivity contribution in [3.8, 4) is 0 Å². The lowest BCUT2D eigenvalue weighted by molar-refractivity contribution is -0.0384. The summed E-state index contributed by atoms with van der Waals surface area (Å²) in [7, 11) is 0. The first-order valence-corrected chi connectivity index (χ1v) is 12.3. The molecule has 1 heterocycles. The number of hydrogen-bond donors (Lipinski definition) is 0. The van der Waals surface area contributed by atoms with Crippen molar-refractivity contribution in [1.29, 1.82) is 0 Å². The van der Waals surface area contributed by atoms with Crippen molar-refractivity contribution >= 4 is 0 Å². The fraction of sp³-hybridized carbons (Fsp3) is 0.778. The van der Waals surface area contributed by atoms with E-state index in [0.717, 1.165) is 31.0 Å². The average Bonchev–Trinajstić information content (AvgIpc) is 2.69. The molecule has 4 atom stereocenters. The third-order valence-corrected chi connectivity index (χ3v) is 8.18. The summed E-state index contributed by atoms with van der Waals surface area (Å²) in [6.45, 7) is 13.1. The second-order valence-electron chi connectivity index (χ2n) is 11.4. The topological polar surface area (TPSA) is 12.5 Å². The Morgan fingerprint density at radius 1 is 1.00 bits per heavy atom. The van der Waals surface area contributed by atoms with Crippen LogP contribution < -0.4 is 0 Å². The monoisotopic (exact) mass is 397 g/mol. The van der Waals surface area contributed by atoms with E-state index in [-0.39, 0.29) is 0 Å². The van der Waals surface area contributed by atoms with Gasteiger partial charge >= 0.3 is 0 Å². The molecule has 4 unspecified atom stereocenters. The van der Waals surface area contributed by atoms with Gasteiger partial charge in [0.2, 0.25) is 0 Å². The second kappa shape index (κ2) is 9.10. The number of fused-ring (bicyclic) bond motifs is 2. The van der Waals surface area contributed by atoms with Gasteiger partial charge in [0, 0.05) is 13.2 Å². The standard InChI is InChI=1S/C27H43NO/c1-22-10-13-28(14-11-22)12-7-15-29-21-26(3)18-24-16-23(2)17-27(19-24,20-26)25-8-5-4-6-9-25/h4-6,8-9,22-24H,7,10-21H2,1-3H3. The maximum absolute atomic E-state index is 6.33. The molecule has 3 fully saturated rings. The number of piperidine rings is 1. The summed E-state index contributed by atoms with van der Waals surface area (Å²) in [6.07, 6.45) is 10.8. The highest BCUT2D eigenvalue weighted by molar-refractivity contribution is 5.28. The van der Waals surface area contributed by atoms with Gasteiger partial charge in [-0.05, 0) is 98.6 Å². The first-order chi connectivity index (χ1) is 14.0. The summed E-state index contributed by atoms with van der Waals surface area (Å²) in [5.41, 5.74) is 2.30. The molecule has 1 aromatic carbocycles. The van der Waals surface area contributed by atoms with Crippen molar-refractivity contribution in [2.24, 2.45) is 23.2 Å². The molecule has 1 saturated heterocycles. The van der Waals surface area contributed by atoms with Gasteiger partial charge in [0.25, 0.3) is 0 Å². The molecule has 2 nitrogen and oxygen atoms in total. The Labute approximate surface area is 179 Å². The molecular weight excluding hydrogens is 354 g/mol. The van der Waals surface area contributed by atoms with Crippen LogP contribution in [0.4, 0.5) is 0 Å². The molecule has 0 spiro atoms. The zero-order valence-corrected chi connectivity index (χ0v) is 19.2. The summed E-state index contributed by atoms with van der Waals surface area (Å²) in [4.78, 5) is 2.64. The van der Waals surface area contributed by atoms with Crippen LogP contribution in [0.25, 0.3) is 0 Å². The molecule has 0 amide bonds. The van der Waals surface area contributed by atoms with Crippen LogP contribution >= 0.6 is 0 Å². The maximum atomic E-state index is 6.33. The molecule has 0 aromatic heterocycles. The van der Waals surface area contributed by atoms with Gasteiger partial charge < -0.3 is 9.64 Å². The van der Waals surface area contributed by atoms with E-state index in [9.17, 15) is 0 Å². The molecular formula is C27H43NO. The number of nitrogens with zero attached hydrogens (tertiary/aromatic N) is 1. The minimum absolute atomic E-state index is 0.333. The highest BCUT2D eigenvalue weighted by Gasteiger charge is 2.50. The minimum atomic E-state index is 0.333. The van der Waals surface area contributed by atoms with Gasteiger partial charge in [-0.15, -0.1) is 0 Å². The van der Waals surface area contributed by atoms with Crippen molar-refractivity contribution in [2.45, 2.75) is 77.6 Å². The van der Waals surface area contributed by atoms with Gasteiger partial charge in [0.05, 0.1) is 6.61 Å². The van der Waals surface area contributed by atoms with Crippen LogP contribution in [-0.2, 0) is 10.2 Å². The minimum Gasteiger partial charge on any atom is -0.381 e. The summed E-state index contributed by atoms with van der Waals surface area (Å²) >= 11 is 0. The number of benzene rings is 1. The van der Waals surface area contributed by atoms with Crippen molar-refractivity contribution in [3.63, 3.8) is 0 Å². The fourth-order valence-corrected chi connectivity index (χ4v) is 7.16. The normalized spacial score (nSPS) is 36.2. The molecule has 1 aliphatic heterocycles. The lowest BCUT2D eigenvalue weighted by atomic mass is 9.50. The number of rotatable bonds is 7. The van der Waals surface area contributed by atoms with Crippen molar-refractivity contribution in [1.82, 2.24) is 4.90 Å². The Morgan fingerprint density at radius 2 is 1.76 bits per heavy atom. The molecule has 3 aliphatic rings. The summed E-state index contributed by atoms with van der Waals surface area (Å²) in [5.74, 6) is 2.65. The van der Waals surface area contributed by atoms with E-state index in [1.165, 1.54) is 71.0 Å². The van der Waals surface area contributed by atoms with Gasteiger partial charge in [-0.2, -0.15) is 0 Å². The predicted molar refractivity (Wildman–Crippen MR) is 122 cm³/mol. The second-order valence-corrected chi connectivity index (χ2v) is 11.4. The Hall–Kier alpha value is -0.860. The van der Waals surface area contributed by atoms with Crippen LogP contribution in [0.3, 0.4) is 0 Å². The van der Waals surface area contributed by atoms with Crippen LogP contribution in [0, 0.1) is 23.2 Å². The van der Waals surface area contributed by atoms with Crippen molar-refractivity contribution < 1.29 is 4.74 Å². The molecule has 0 radical (unpaired) electrons. The van der Waals surface area contributed by atoms with E-state index in [4.69, 9.17) is 4.74 Å². The first-order valence-electron chi connectivity index (χ1n) is 12.3. The number of hydrogen-bond acceptors (Lipinski definition) is 2. The molecule has 2 bridgehead atoms. The molecule has 4 rings (SSSR count). The van der Waals surface area contributed by atoms with E-state index < -0.39 is 0 Å². The van der Waals surface area contributed by atoms with Gasteiger partial charge in [0.1, 0.15) is 0 Å². The molecule has 29 heavy (non-hydrogen) atoms. The molecule has 162 valence electrons. The third-order valence-electron chi connectivity index (χ3n) is 8.18. The quantitative estimate of drug-likeness (QED) is 0.501. The van der Waals surface area contributed by atoms with E-state index in [1.807, 2.05) is 0 Å². The third kappa shape index (κ3) is 5.25. The fourth-order valence-electron chi connectivity index (χ4n) is 7.16. The molecule has 2 saturated carbocycles. The molecule has 1 aromatic rings. The van der Waals surface area contributed by atoms with E-state index in [0.29, 0.717) is 10.8 Å². The lowest BCUT2D eigenvalue weighted by Crippen LogP contribution is -2.48. The Bertz CT molecular complexity index is 633. The van der Waals surface area contributed by atoms with Gasteiger partial charge in [-0.1, -0.05) is 51.1 Å². The summed E-state index contributed by atoms with van der Waals surface area (Å²) in [5, 5.41) is 0. The van der Waals surface area contributed by atoms with E-state index >= 15 is 0 Å². The first kappa shape index (κ1) is 21.4. The van der Waals surface area contributed by atoms with Crippen molar-refractivity contribution in [3.05, 3.63) is 35.9 Å². The highest BCUT2D eigenvalue weighted by atomic mass is 16.5. The largest absolute Gasteiger partial charge is 0.381 e. The average molecular weight is 398 g/mol. The molecule has 2 aliphatic carbocycles. The number of ether oxygens (including phenoxy) is 1.